The van der Waals surface area contributed by atoms with Crippen LogP contribution in [0.1, 0.15) is 31.9 Å². The first kappa shape index (κ1) is 12.1. The molecule has 1 aromatic rings. The molecule has 0 fully saturated rings. The first-order valence-corrected chi connectivity index (χ1v) is 5.29. The quantitative estimate of drug-likeness (QED) is 0.783. The molecule has 0 saturated heterocycles. The Morgan fingerprint density at radius 1 is 1.47 bits per heavy atom. The second-order valence-corrected chi connectivity index (χ2v) is 3.77. The van der Waals surface area contributed by atoms with Gasteiger partial charge in [0.1, 0.15) is 5.82 Å². The summed E-state index contributed by atoms with van der Waals surface area (Å²) in [5.74, 6) is -0.267. The largest absolute Gasteiger partial charge is 0.394 e. The molecule has 0 aromatic heterocycles. The van der Waals surface area contributed by atoms with Crippen molar-refractivity contribution < 1.29 is 9.50 Å². The number of aliphatic hydroxyl groups excluding tert-OH is 1. The minimum absolute atomic E-state index is 0.0200. The zero-order chi connectivity index (χ0) is 11.3. The topological polar surface area (TPSA) is 32.3 Å². The van der Waals surface area contributed by atoms with Crippen molar-refractivity contribution in [3.05, 3.63) is 35.6 Å². The number of benzene rings is 1. The molecule has 1 aromatic carbocycles. The van der Waals surface area contributed by atoms with E-state index in [9.17, 15) is 9.50 Å². The molecule has 2 unspecified atom stereocenters. The van der Waals surface area contributed by atoms with E-state index in [4.69, 9.17) is 0 Å². The molecular formula is C12H18FNO. The van der Waals surface area contributed by atoms with Crippen LogP contribution in [0.3, 0.4) is 0 Å². The molecule has 0 aliphatic heterocycles. The van der Waals surface area contributed by atoms with Gasteiger partial charge in [0.05, 0.1) is 12.6 Å². The average molecular weight is 211 g/mol. The molecule has 2 atom stereocenters. The zero-order valence-corrected chi connectivity index (χ0v) is 9.20. The van der Waals surface area contributed by atoms with E-state index in [1.54, 1.807) is 6.07 Å². The van der Waals surface area contributed by atoms with E-state index in [1.165, 1.54) is 12.1 Å². The van der Waals surface area contributed by atoms with Gasteiger partial charge in [0.15, 0.2) is 0 Å². The molecule has 0 aliphatic rings. The van der Waals surface area contributed by atoms with Crippen molar-refractivity contribution >= 4 is 0 Å². The molecule has 0 spiro atoms. The second-order valence-electron chi connectivity index (χ2n) is 3.77. The van der Waals surface area contributed by atoms with Crippen molar-refractivity contribution in [1.82, 2.24) is 5.32 Å². The molecule has 15 heavy (non-hydrogen) atoms. The summed E-state index contributed by atoms with van der Waals surface area (Å²) in [6, 6.07) is 6.46. The van der Waals surface area contributed by atoms with E-state index in [1.807, 2.05) is 13.0 Å². The van der Waals surface area contributed by atoms with Gasteiger partial charge in [-0.1, -0.05) is 19.1 Å². The molecule has 0 aliphatic carbocycles. The fraction of sp³-hybridized carbons (Fsp3) is 0.500. The van der Waals surface area contributed by atoms with E-state index in [2.05, 4.69) is 12.2 Å². The van der Waals surface area contributed by atoms with E-state index >= 15 is 0 Å². The van der Waals surface area contributed by atoms with Gasteiger partial charge in [0.2, 0.25) is 0 Å². The number of nitrogens with one attached hydrogen (secondary N) is 1. The SMILES string of the molecule is CCC(C)NC(CO)c1cccc(F)c1. The number of halogens is 1. The van der Waals surface area contributed by atoms with E-state index in [0.717, 1.165) is 12.0 Å². The maximum absolute atomic E-state index is 13.0. The highest BCUT2D eigenvalue weighted by molar-refractivity contribution is 5.20. The van der Waals surface area contributed by atoms with Gasteiger partial charge in [-0.2, -0.15) is 0 Å². The Morgan fingerprint density at radius 3 is 2.73 bits per heavy atom. The molecule has 84 valence electrons. The van der Waals surface area contributed by atoms with Gasteiger partial charge in [-0.15, -0.1) is 0 Å². The van der Waals surface area contributed by atoms with Gasteiger partial charge in [0.25, 0.3) is 0 Å². The zero-order valence-electron chi connectivity index (χ0n) is 9.20. The van der Waals surface area contributed by atoms with Crippen LogP contribution in [0.25, 0.3) is 0 Å². The minimum Gasteiger partial charge on any atom is -0.394 e. The minimum atomic E-state index is -0.267. The van der Waals surface area contributed by atoms with Crippen LogP contribution in [0.4, 0.5) is 4.39 Å². The summed E-state index contributed by atoms with van der Waals surface area (Å²) in [5.41, 5.74) is 0.790. The summed E-state index contributed by atoms with van der Waals surface area (Å²) in [6.45, 7) is 4.09. The molecule has 2 nitrogen and oxygen atoms in total. The van der Waals surface area contributed by atoms with Crippen molar-refractivity contribution in [2.24, 2.45) is 0 Å². The van der Waals surface area contributed by atoms with Crippen LogP contribution in [0, 0.1) is 5.82 Å². The molecule has 0 bridgehead atoms. The summed E-state index contributed by atoms with van der Waals surface area (Å²) in [6.07, 6.45) is 0.978. The van der Waals surface area contributed by atoms with Gasteiger partial charge in [-0.05, 0) is 31.0 Å². The lowest BCUT2D eigenvalue weighted by Crippen LogP contribution is -2.32. The second kappa shape index (κ2) is 5.83. The highest BCUT2D eigenvalue weighted by atomic mass is 19.1. The number of aliphatic hydroxyl groups is 1. The first-order valence-electron chi connectivity index (χ1n) is 5.29. The Kier molecular flexibility index (Phi) is 4.72. The average Bonchev–Trinajstić information content (AvgIpc) is 2.25. The summed E-state index contributed by atoms with van der Waals surface area (Å²) in [4.78, 5) is 0. The van der Waals surface area contributed by atoms with Gasteiger partial charge < -0.3 is 10.4 Å². The highest BCUT2D eigenvalue weighted by Crippen LogP contribution is 2.14. The third-order valence-electron chi connectivity index (χ3n) is 2.53. The van der Waals surface area contributed by atoms with Gasteiger partial charge in [-0.25, -0.2) is 4.39 Å². The Morgan fingerprint density at radius 2 is 2.20 bits per heavy atom. The number of hydrogen-bond acceptors (Lipinski definition) is 2. The van der Waals surface area contributed by atoms with E-state index in [-0.39, 0.29) is 18.5 Å². The predicted molar refractivity (Wildman–Crippen MR) is 59.1 cm³/mol. The summed E-state index contributed by atoms with van der Waals surface area (Å²) in [7, 11) is 0. The van der Waals surface area contributed by atoms with E-state index in [0.29, 0.717) is 6.04 Å². The van der Waals surface area contributed by atoms with Crippen molar-refractivity contribution in [3.63, 3.8) is 0 Å². The number of hydrogen-bond donors (Lipinski definition) is 2. The number of rotatable bonds is 5. The fourth-order valence-corrected chi connectivity index (χ4v) is 1.44. The summed E-state index contributed by atoms with van der Waals surface area (Å²) < 4.78 is 13.0. The fourth-order valence-electron chi connectivity index (χ4n) is 1.44. The lowest BCUT2D eigenvalue weighted by atomic mass is 10.1. The van der Waals surface area contributed by atoms with Crippen LogP contribution in [0.2, 0.25) is 0 Å². The molecule has 3 heteroatoms. The van der Waals surface area contributed by atoms with Crippen molar-refractivity contribution in [1.29, 1.82) is 0 Å². The van der Waals surface area contributed by atoms with E-state index < -0.39 is 0 Å². The van der Waals surface area contributed by atoms with Gasteiger partial charge >= 0.3 is 0 Å². The lowest BCUT2D eigenvalue weighted by Gasteiger charge is -2.21. The van der Waals surface area contributed by atoms with Crippen LogP contribution >= 0.6 is 0 Å². The van der Waals surface area contributed by atoms with Gasteiger partial charge in [-0.3, -0.25) is 0 Å². The Bertz CT molecular complexity index is 303. The molecule has 1 rings (SSSR count). The van der Waals surface area contributed by atoms with Gasteiger partial charge in [0, 0.05) is 6.04 Å². The highest BCUT2D eigenvalue weighted by Gasteiger charge is 2.12. The monoisotopic (exact) mass is 211 g/mol. The third-order valence-corrected chi connectivity index (χ3v) is 2.53. The Hall–Kier alpha value is -0.930. The maximum atomic E-state index is 13.0. The molecular weight excluding hydrogens is 193 g/mol. The van der Waals surface area contributed by atoms with Crippen LogP contribution in [-0.2, 0) is 0 Å². The lowest BCUT2D eigenvalue weighted by molar-refractivity contribution is 0.234. The van der Waals surface area contributed by atoms with Crippen molar-refractivity contribution in [3.8, 4) is 0 Å². The third kappa shape index (κ3) is 3.61. The normalized spacial score (nSPS) is 14.9. The van der Waals surface area contributed by atoms with Crippen molar-refractivity contribution in [2.75, 3.05) is 6.61 Å². The summed E-state index contributed by atoms with van der Waals surface area (Å²) >= 11 is 0. The van der Waals surface area contributed by atoms with Crippen LogP contribution in [0.15, 0.2) is 24.3 Å². The van der Waals surface area contributed by atoms with Crippen LogP contribution in [-0.4, -0.2) is 17.8 Å². The Labute approximate surface area is 90.1 Å². The molecule has 0 heterocycles. The molecule has 0 amide bonds. The smallest absolute Gasteiger partial charge is 0.123 e. The van der Waals surface area contributed by atoms with Crippen molar-refractivity contribution in [2.45, 2.75) is 32.4 Å². The van der Waals surface area contributed by atoms with Crippen LogP contribution in [0.5, 0.6) is 0 Å². The molecule has 0 radical (unpaired) electrons. The molecule has 2 N–H and O–H groups in total. The maximum Gasteiger partial charge on any atom is 0.123 e. The van der Waals surface area contributed by atoms with Crippen LogP contribution < -0.4 is 5.32 Å². The predicted octanol–water partition coefficient (Wildman–Crippen LogP) is 2.25. The standard InChI is InChI=1S/C12H18FNO/c1-3-9(2)14-12(8-15)10-5-4-6-11(13)7-10/h4-7,9,12,14-15H,3,8H2,1-2H3. The molecule has 0 saturated carbocycles. The first-order chi connectivity index (χ1) is 7.17. The Balaban J connectivity index is 2.73. The summed E-state index contributed by atoms with van der Waals surface area (Å²) in [5, 5.41) is 12.5.